The van der Waals surface area contributed by atoms with Gasteiger partial charge in [-0.1, -0.05) is 13.3 Å². The Labute approximate surface area is 177 Å². The van der Waals surface area contributed by atoms with Gasteiger partial charge >= 0.3 is 0 Å². The molecule has 1 aromatic heterocycles. The molecule has 0 fully saturated rings. The minimum atomic E-state index is -3.80. The third-order valence-electron chi connectivity index (χ3n) is 4.81. The highest BCUT2D eigenvalue weighted by Crippen LogP contribution is 2.30. The molecule has 0 N–H and O–H groups in total. The van der Waals surface area contributed by atoms with Crippen molar-refractivity contribution in [3.8, 4) is 11.5 Å². The third-order valence-corrected chi connectivity index (χ3v) is 6.50. The minimum Gasteiger partial charge on any atom is -0.494 e. The van der Waals surface area contributed by atoms with Crippen molar-refractivity contribution in [2.75, 3.05) is 13.2 Å². The summed E-state index contributed by atoms with van der Waals surface area (Å²) in [6, 6.07) is 11.8. The van der Waals surface area contributed by atoms with Crippen molar-refractivity contribution in [2.24, 2.45) is 0 Å². The van der Waals surface area contributed by atoms with Crippen molar-refractivity contribution in [3.05, 3.63) is 54.2 Å². The van der Waals surface area contributed by atoms with Crippen molar-refractivity contribution in [3.63, 3.8) is 0 Å². The standard InChI is InChI=1S/C23H27NO5S/c1-3-5-15-29-19-8-11-21(12-9-19)30(26,27)24-17-18(7-6-14-25)22-16-20(28-4-2)10-13-23(22)24/h8-14,16-17H,3-7,15H2,1-2H3. The normalized spacial score (nSPS) is 11.5. The molecular formula is C23H27NO5S. The molecule has 30 heavy (non-hydrogen) atoms. The Kier molecular flexibility index (Phi) is 7.15. The first kappa shape index (κ1) is 21.9. The van der Waals surface area contributed by atoms with Crippen LogP contribution < -0.4 is 9.47 Å². The second-order valence-corrected chi connectivity index (χ2v) is 8.76. The number of ether oxygens (including phenoxy) is 2. The maximum Gasteiger partial charge on any atom is 0.268 e. The lowest BCUT2D eigenvalue weighted by molar-refractivity contribution is -0.107. The summed E-state index contributed by atoms with van der Waals surface area (Å²) in [4.78, 5) is 11.1. The van der Waals surface area contributed by atoms with E-state index in [1.54, 1.807) is 42.6 Å². The summed E-state index contributed by atoms with van der Waals surface area (Å²) in [7, 11) is -3.80. The van der Waals surface area contributed by atoms with Crippen LogP contribution in [0.5, 0.6) is 11.5 Å². The number of nitrogens with zero attached hydrogens (tertiary/aromatic N) is 1. The highest BCUT2D eigenvalue weighted by molar-refractivity contribution is 7.90. The van der Waals surface area contributed by atoms with E-state index in [-0.39, 0.29) is 4.90 Å². The van der Waals surface area contributed by atoms with E-state index in [0.717, 1.165) is 30.1 Å². The van der Waals surface area contributed by atoms with Crippen LogP contribution in [0, 0.1) is 0 Å². The fourth-order valence-corrected chi connectivity index (χ4v) is 4.66. The van der Waals surface area contributed by atoms with Crippen LogP contribution >= 0.6 is 0 Å². The molecule has 7 heteroatoms. The maximum atomic E-state index is 13.3. The number of carbonyl (C=O) groups excluding carboxylic acids is 1. The number of fused-ring (bicyclic) bond motifs is 1. The molecule has 0 unspecified atom stereocenters. The fourth-order valence-electron chi connectivity index (χ4n) is 3.27. The Bertz CT molecular complexity index is 1100. The lowest BCUT2D eigenvalue weighted by Gasteiger charge is -2.10. The van der Waals surface area contributed by atoms with Crippen molar-refractivity contribution in [1.29, 1.82) is 0 Å². The molecule has 6 nitrogen and oxygen atoms in total. The van der Waals surface area contributed by atoms with Crippen LogP contribution in [0.3, 0.4) is 0 Å². The summed E-state index contributed by atoms with van der Waals surface area (Å²) in [5.74, 6) is 1.31. The predicted octanol–water partition coefficient (Wildman–Crippen LogP) is 4.59. The number of hydrogen-bond donors (Lipinski definition) is 0. The molecule has 3 rings (SSSR count). The van der Waals surface area contributed by atoms with E-state index in [4.69, 9.17) is 9.47 Å². The number of unbranched alkanes of at least 4 members (excludes halogenated alkanes) is 1. The predicted molar refractivity (Wildman–Crippen MR) is 117 cm³/mol. The number of aryl methyl sites for hydroxylation is 1. The van der Waals surface area contributed by atoms with E-state index in [1.165, 1.54) is 3.97 Å². The summed E-state index contributed by atoms with van der Waals surface area (Å²) >= 11 is 0. The molecule has 0 aliphatic heterocycles. The number of hydrogen-bond acceptors (Lipinski definition) is 5. The van der Waals surface area contributed by atoms with Gasteiger partial charge in [0.25, 0.3) is 10.0 Å². The summed E-state index contributed by atoms with van der Waals surface area (Å²) in [5, 5.41) is 0.769. The molecular weight excluding hydrogens is 402 g/mol. The van der Waals surface area contributed by atoms with Gasteiger partial charge in [-0.15, -0.1) is 0 Å². The zero-order valence-electron chi connectivity index (χ0n) is 17.3. The van der Waals surface area contributed by atoms with Crippen LogP contribution in [0.15, 0.2) is 53.6 Å². The summed E-state index contributed by atoms with van der Waals surface area (Å²) in [5.41, 5.74) is 1.35. The van der Waals surface area contributed by atoms with Gasteiger partial charge in [0.15, 0.2) is 0 Å². The van der Waals surface area contributed by atoms with Crippen LogP contribution in [0.2, 0.25) is 0 Å². The molecule has 0 bridgehead atoms. The van der Waals surface area contributed by atoms with E-state index in [0.29, 0.717) is 43.1 Å². The van der Waals surface area contributed by atoms with Gasteiger partial charge < -0.3 is 14.3 Å². The quantitative estimate of drug-likeness (QED) is 0.329. The highest BCUT2D eigenvalue weighted by Gasteiger charge is 2.21. The Morgan fingerprint density at radius 1 is 1.00 bits per heavy atom. The summed E-state index contributed by atoms with van der Waals surface area (Å²) in [6.45, 7) is 5.10. The zero-order valence-corrected chi connectivity index (χ0v) is 18.2. The van der Waals surface area contributed by atoms with Gasteiger partial charge in [-0.3, -0.25) is 0 Å². The molecule has 0 spiro atoms. The van der Waals surface area contributed by atoms with Gasteiger partial charge in [0.2, 0.25) is 0 Å². The Morgan fingerprint density at radius 2 is 1.73 bits per heavy atom. The lowest BCUT2D eigenvalue weighted by Crippen LogP contribution is -2.12. The monoisotopic (exact) mass is 429 g/mol. The number of aromatic nitrogens is 1. The molecule has 2 aromatic carbocycles. The average Bonchev–Trinajstić information content (AvgIpc) is 3.12. The van der Waals surface area contributed by atoms with Gasteiger partial charge in [0.05, 0.1) is 23.6 Å². The summed E-state index contributed by atoms with van der Waals surface area (Å²) in [6.07, 6.45) is 5.20. The molecule has 160 valence electrons. The van der Waals surface area contributed by atoms with E-state index in [1.807, 2.05) is 13.0 Å². The van der Waals surface area contributed by atoms with Crippen LogP contribution in [0.25, 0.3) is 10.9 Å². The van der Waals surface area contributed by atoms with Crippen LogP contribution in [0.4, 0.5) is 0 Å². The van der Waals surface area contributed by atoms with Crippen LogP contribution in [-0.2, 0) is 21.2 Å². The van der Waals surface area contributed by atoms with Crippen molar-refractivity contribution in [2.45, 2.75) is 44.4 Å². The fraction of sp³-hybridized carbons (Fsp3) is 0.348. The van der Waals surface area contributed by atoms with Crippen LogP contribution in [0.1, 0.15) is 38.7 Å². The molecule has 0 aliphatic carbocycles. The molecule has 0 atom stereocenters. The number of aldehydes is 1. The first-order valence-electron chi connectivity index (χ1n) is 10.2. The number of rotatable bonds is 11. The van der Waals surface area contributed by atoms with E-state index >= 15 is 0 Å². The van der Waals surface area contributed by atoms with Crippen molar-refractivity contribution in [1.82, 2.24) is 3.97 Å². The molecule has 1 heterocycles. The highest BCUT2D eigenvalue weighted by atomic mass is 32.2. The van der Waals surface area contributed by atoms with Gasteiger partial charge in [-0.25, -0.2) is 12.4 Å². The largest absolute Gasteiger partial charge is 0.494 e. The van der Waals surface area contributed by atoms with Crippen molar-refractivity contribution >= 4 is 27.2 Å². The molecule has 0 saturated carbocycles. The Morgan fingerprint density at radius 3 is 2.40 bits per heavy atom. The van der Waals surface area contributed by atoms with Crippen LogP contribution in [-0.4, -0.2) is 31.9 Å². The smallest absolute Gasteiger partial charge is 0.268 e. The van der Waals surface area contributed by atoms with E-state index in [9.17, 15) is 13.2 Å². The molecule has 3 aromatic rings. The maximum absolute atomic E-state index is 13.3. The lowest BCUT2D eigenvalue weighted by atomic mass is 10.1. The van der Waals surface area contributed by atoms with Crippen molar-refractivity contribution < 1.29 is 22.7 Å². The Hall–Kier alpha value is -2.80. The molecule has 0 amide bonds. The SMILES string of the molecule is CCCCOc1ccc(S(=O)(=O)n2cc(CCC=O)c3cc(OCC)ccc32)cc1. The first-order valence-corrected chi connectivity index (χ1v) is 11.6. The van der Waals surface area contributed by atoms with E-state index in [2.05, 4.69) is 6.92 Å². The minimum absolute atomic E-state index is 0.179. The molecule has 0 aliphatic rings. The van der Waals surface area contributed by atoms with Gasteiger partial charge in [-0.2, -0.15) is 0 Å². The number of benzene rings is 2. The van der Waals surface area contributed by atoms with Gasteiger partial charge in [0, 0.05) is 18.0 Å². The third kappa shape index (κ3) is 4.67. The Balaban J connectivity index is 2.00. The summed E-state index contributed by atoms with van der Waals surface area (Å²) < 4.78 is 39.2. The molecule has 0 radical (unpaired) electrons. The zero-order chi connectivity index (χ0) is 21.6. The van der Waals surface area contributed by atoms with Gasteiger partial charge in [-0.05, 0) is 67.8 Å². The van der Waals surface area contributed by atoms with Gasteiger partial charge in [0.1, 0.15) is 17.8 Å². The second kappa shape index (κ2) is 9.80. The average molecular weight is 430 g/mol. The first-order chi connectivity index (χ1) is 14.5. The number of carbonyl (C=O) groups is 1. The second-order valence-electron chi connectivity index (χ2n) is 6.95. The topological polar surface area (TPSA) is 74.6 Å². The molecule has 0 saturated heterocycles. The van der Waals surface area contributed by atoms with E-state index < -0.39 is 10.0 Å².